The fourth-order valence-corrected chi connectivity index (χ4v) is 3.30. The highest BCUT2D eigenvalue weighted by Gasteiger charge is 2.24. The minimum absolute atomic E-state index is 0.378. The van der Waals surface area contributed by atoms with Crippen LogP contribution in [0.1, 0.15) is 55.4 Å². The number of nitrogens with zero attached hydrogens (tertiary/aromatic N) is 1. The molecule has 112 valence electrons. The minimum atomic E-state index is -0.378. The van der Waals surface area contributed by atoms with E-state index in [1.165, 1.54) is 36.8 Å². The minimum Gasteiger partial charge on any atom is -0.387 e. The average Bonchev–Trinajstić information content (AvgIpc) is 2.41. The molecule has 3 atom stereocenters. The van der Waals surface area contributed by atoms with Crippen LogP contribution in [-0.2, 0) is 0 Å². The van der Waals surface area contributed by atoms with Crippen molar-refractivity contribution in [2.75, 3.05) is 13.6 Å². The molecule has 0 radical (unpaired) electrons. The summed E-state index contributed by atoms with van der Waals surface area (Å²) in [6.07, 6.45) is 4.87. The SMILES string of the molecule is Cc1ccc(C(O)CN(C)C2CCCC(C)C2)cc1C. The quantitative estimate of drug-likeness (QED) is 0.902. The summed E-state index contributed by atoms with van der Waals surface area (Å²) < 4.78 is 0. The van der Waals surface area contributed by atoms with E-state index in [-0.39, 0.29) is 6.10 Å². The van der Waals surface area contributed by atoms with E-state index >= 15 is 0 Å². The molecule has 3 unspecified atom stereocenters. The molecule has 0 spiro atoms. The number of aliphatic hydroxyl groups is 1. The van der Waals surface area contributed by atoms with Gasteiger partial charge < -0.3 is 10.0 Å². The number of benzene rings is 1. The lowest BCUT2D eigenvalue weighted by molar-refractivity contribution is 0.0831. The lowest BCUT2D eigenvalue weighted by Crippen LogP contribution is -2.38. The van der Waals surface area contributed by atoms with Gasteiger partial charge in [0.25, 0.3) is 0 Å². The molecule has 1 saturated carbocycles. The van der Waals surface area contributed by atoms with Gasteiger partial charge in [0.15, 0.2) is 0 Å². The molecule has 1 aromatic rings. The van der Waals surface area contributed by atoms with Gasteiger partial charge in [0.2, 0.25) is 0 Å². The van der Waals surface area contributed by atoms with E-state index in [9.17, 15) is 5.11 Å². The molecule has 1 aromatic carbocycles. The summed E-state index contributed by atoms with van der Waals surface area (Å²) >= 11 is 0. The fourth-order valence-electron chi connectivity index (χ4n) is 3.30. The number of aliphatic hydroxyl groups excluding tert-OH is 1. The monoisotopic (exact) mass is 275 g/mol. The van der Waals surface area contributed by atoms with Crippen LogP contribution >= 0.6 is 0 Å². The topological polar surface area (TPSA) is 23.5 Å². The first-order valence-corrected chi connectivity index (χ1v) is 7.93. The third-order valence-corrected chi connectivity index (χ3v) is 4.91. The van der Waals surface area contributed by atoms with Crippen molar-refractivity contribution < 1.29 is 5.11 Å². The van der Waals surface area contributed by atoms with Crippen LogP contribution in [0.15, 0.2) is 18.2 Å². The molecule has 20 heavy (non-hydrogen) atoms. The lowest BCUT2D eigenvalue weighted by atomic mass is 9.86. The van der Waals surface area contributed by atoms with Crippen molar-refractivity contribution in [2.24, 2.45) is 5.92 Å². The molecule has 2 rings (SSSR count). The molecule has 0 heterocycles. The molecule has 2 heteroatoms. The Morgan fingerprint density at radius 1 is 1.25 bits per heavy atom. The van der Waals surface area contributed by atoms with Gasteiger partial charge in [-0.15, -0.1) is 0 Å². The molecule has 0 bridgehead atoms. The first-order chi connectivity index (χ1) is 9.47. The first kappa shape index (κ1) is 15.5. The molecule has 1 fully saturated rings. The average molecular weight is 275 g/mol. The van der Waals surface area contributed by atoms with Gasteiger partial charge in [0.1, 0.15) is 0 Å². The summed E-state index contributed by atoms with van der Waals surface area (Å²) in [7, 11) is 2.16. The lowest BCUT2D eigenvalue weighted by Gasteiger charge is -2.35. The third kappa shape index (κ3) is 3.83. The molecule has 1 aliphatic carbocycles. The predicted octanol–water partition coefficient (Wildman–Crippen LogP) is 3.85. The molecule has 0 aromatic heterocycles. The molecule has 1 aliphatic rings. The Labute approximate surface area is 123 Å². The van der Waals surface area contributed by atoms with E-state index in [4.69, 9.17) is 0 Å². The van der Waals surface area contributed by atoms with Crippen LogP contribution in [0.5, 0.6) is 0 Å². The summed E-state index contributed by atoms with van der Waals surface area (Å²) in [5.74, 6) is 0.829. The van der Waals surface area contributed by atoms with Crippen LogP contribution in [0.4, 0.5) is 0 Å². The number of likely N-dealkylation sites (N-methyl/N-ethyl adjacent to an activating group) is 1. The van der Waals surface area contributed by atoms with Gasteiger partial charge in [-0.05, 0) is 56.3 Å². The standard InChI is InChI=1S/C18H29NO/c1-13-6-5-7-17(10-13)19(4)12-18(20)16-9-8-14(2)15(3)11-16/h8-9,11,13,17-18,20H,5-7,10,12H2,1-4H3. The van der Waals surface area contributed by atoms with Crippen LogP contribution in [0.25, 0.3) is 0 Å². The van der Waals surface area contributed by atoms with Crippen molar-refractivity contribution in [2.45, 2.75) is 58.6 Å². The van der Waals surface area contributed by atoms with Crippen molar-refractivity contribution in [3.05, 3.63) is 34.9 Å². The summed E-state index contributed by atoms with van der Waals surface area (Å²) in [5.41, 5.74) is 3.59. The van der Waals surface area contributed by atoms with Gasteiger partial charge in [0, 0.05) is 12.6 Å². The van der Waals surface area contributed by atoms with E-state index in [0.29, 0.717) is 6.04 Å². The van der Waals surface area contributed by atoms with E-state index in [0.717, 1.165) is 18.0 Å². The predicted molar refractivity (Wildman–Crippen MR) is 84.9 cm³/mol. The normalized spacial score (nSPS) is 24.9. The second-order valence-corrected chi connectivity index (χ2v) is 6.72. The smallest absolute Gasteiger partial charge is 0.0917 e. The maximum absolute atomic E-state index is 10.5. The fraction of sp³-hybridized carbons (Fsp3) is 0.667. The molecule has 2 nitrogen and oxygen atoms in total. The van der Waals surface area contributed by atoms with Crippen molar-refractivity contribution in [1.29, 1.82) is 0 Å². The van der Waals surface area contributed by atoms with Crippen LogP contribution in [0, 0.1) is 19.8 Å². The van der Waals surface area contributed by atoms with Crippen LogP contribution in [0.2, 0.25) is 0 Å². The summed E-state index contributed by atoms with van der Waals surface area (Å²) in [6, 6.07) is 6.93. The Balaban J connectivity index is 1.95. The Hall–Kier alpha value is -0.860. The highest BCUT2D eigenvalue weighted by Crippen LogP contribution is 2.28. The third-order valence-electron chi connectivity index (χ3n) is 4.91. The molecule has 0 saturated heterocycles. The number of hydrogen-bond donors (Lipinski definition) is 1. The van der Waals surface area contributed by atoms with E-state index in [1.807, 2.05) is 0 Å². The zero-order valence-corrected chi connectivity index (χ0v) is 13.4. The summed E-state index contributed by atoms with van der Waals surface area (Å²) in [4.78, 5) is 2.36. The zero-order chi connectivity index (χ0) is 14.7. The molecule has 0 aliphatic heterocycles. The van der Waals surface area contributed by atoms with Gasteiger partial charge in [0.05, 0.1) is 6.10 Å². The molecular weight excluding hydrogens is 246 g/mol. The maximum atomic E-state index is 10.5. The highest BCUT2D eigenvalue weighted by atomic mass is 16.3. The van der Waals surface area contributed by atoms with Crippen LogP contribution < -0.4 is 0 Å². The van der Waals surface area contributed by atoms with Gasteiger partial charge in [-0.3, -0.25) is 0 Å². The van der Waals surface area contributed by atoms with E-state index < -0.39 is 0 Å². The first-order valence-electron chi connectivity index (χ1n) is 7.93. The second-order valence-electron chi connectivity index (χ2n) is 6.72. The Morgan fingerprint density at radius 3 is 2.65 bits per heavy atom. The van der Waals surface area contributed by atoms with Gasteiger partial charge in [-0.25, -0.2) is 0 Å². The summed E-state index contributed by atoms with van der Waals surface area (Å²) in [5, 5.41) is 10.5. The van der Waals surface area contributed by atoms with Gasteiger partial charge >= 0.3 is 0 Å². The van der Waals surface area contributed by atoms with Crippen LogP contribution in [0.3, 0.4) is 0 Å². The van der Waals surface area contributed by atoms with Crippen LogP contribution in [-0.4, -0.2) is 29.6 Å². The highest BCUT2D eigenvalue weighted by molar-refractivity contribution is 5.31. The number of aryl methyl sites for hydroxylation is 2. The van der Waals surface area contributed by atoms with Gasteiger partial charge in [-0.1, -0.05) is 38.0 Å². The Bertz CT molecular complexity index is 443. The second kappa shape index (κ2) is 6.73. The van der Waals surface area contributed by atoms with Gasteiger partial charge in [-0.2, -0.15) is 0 Å². The van der Waals surface area contributed by atoms with Crippen molar-refractivity contribution >= 4 is 0 Å². The van der Waals surface area contributed by atoms with Crippen molar-refractivity contribution in [3.8, 4) is 0 Å². The van der Waals surface area contributed by atoms with Crippen molar-refractivity contribution in [1.82, 2.24) is 4.90 Å². The molecule has 1 N–H and O–H groups in total. The zero-order valence-electron chi connectivity index (χ0n) is 13.4. The summed E-state index contributed by atoms with van der Waals surface area (Å²) in [6.45, 7) is 7.30. The molecular formula is C18H29NO. The number of hydrogen-bond acceptors (Lipinski definition) is 2. The van der Waals surface area contributed by atoms with E-state index in [2.05, 4.69) is 50.9 Å². The van der Waals surface area contributed by atoms with Crippen molar-refractivity contribution in [3.63, 3.8) is 0 Å². The Kier molecular flexibility index (Phi) is 5.22. The Morgan fingerprint density at radius 2 is 2.00 bits per heavy atom. The largest absolute Gasteiger partial charge is 0.387 e. The molecule has 0 amide bonds. The number of rotatable bonds is 4. The van der Waals surface area contributed by atoms with E-state index in [1.54, 1.807) is 0 Å². The maximum Gasteiger partial charge on any atom is 0.0917 e.